The van der Waals surface area contributed by atoms with E-state index >= 15 is 0 Å². The van der Waals surface area contributed by atoms with Crippen molar-refractivity contribution in [3.8, 4) is 11.5 Å². The van der Waals surface area contributed by atoms with Gasteiger partial charge in [0.15, 0.2) is 23.1 Å². The molecule has 0 saturated carbocycles. The maximum atomic E-state index is 13.1. The van der Waals surface area contributed by atoms with Crippen LogP contribution >= 0.6 is 11.6 Å². The second kappa shape index (κ2) is 9.57. The molecule has 2 aromatic carbocycles. The summed E-state index contributed by atoms with van der Waals surface area (Å²) in [6, 6.07) is 16.5. The quantitative estimate of drug-likeness (QED) is 0.397. The molecule has 0 fully saturated rings. The SMILES string of the molecule is COc1ccccc1OCc1ccc(C(=O)Nc2nn(Cc3ccc(F)cc3)cc2Cl)o1. The van der Waals surface area contributed by atoms with E-state index in [-0.39, 0.29) is 29.0 Å². The highest BCUT2D eigenvalue weighted by molar-refractivity contribution is 6.33. The molecule has 164 valence electrons. The van der Waals surface area contributed by atoms with E-state index in [1.807, 2.05) is 12.1 Å². The Morgan fingerprint density at radius 2 is 1.88 bits per heavy atom. The lowest BCUT2D eigenvalue weighted by Gasteiger charge is -2.08. The minimum Gasteiger partial charge on any atom is -0.493 e. The van der Waals surface area contributed by atoms with Crippen LogP contribution in [-0.4, -0.2) is 22.8 Å². The second-order valence-electron chi connectivity index (χ2n) is 6.81. The molecule has 0 aliphatic rings. The van der Waals surface area contributed by atoms with Gasteiger partial charge in [0.2, 0.25) is 0 Å². The Balaban J connectivity index is 1.37. The number of ether oxygens (including phenoxy) is 2. The molecular weight excluding hydrogens is 437 g/mol. The number of furan rings is 1. The number of benzene rings is 2. The molecule has 0 atom stereocenters. The van der Waals surface area contributed by atoms with Gasteiger partial charge in [-0.3, -0.25) is 9.48 Å². The first-order valence-electron chi connectivity index (χ1n) is 9.65. The van der Waals surface area contributed by atoms with Gasteiger partial charge < -0.3 is 19.2 Å². The van der Waals surface area contributed by atoms with Crippen LogP contribution in [-0.2, 0) is 13.2 Å². The fourth-order valence-corrected chi connectivity index (χ4v) is 3.17. The molecule has 0 aliphatic carbocycles. The Bertz CT molecular complexity index is 1220. The highest BCUT2D eigenvalue weighted by atomic mass is 35.5. The van der Waals surface area contributed by atoms with Gasteiger partial charge in [-0.15, -0.1) is 0 Å². The zero-order valence-corrected chi connectivity index (χ0v) is 17.8. The number of para-hydroxylation sites is 2. The smallest absolute Gasteiger partial charge is 0.292 e. The first kappa shape index (κ1) is 21.5. The standard InChI is InChI=1S/C23H19ClFN3O4/c1-30-19-4-2-3-5-20(19)31-14-17-10-11-21(32-17)23(29)26-22-18(24)13-28(27-22)12-15-6-8-16(25)9-7-15/h2-11,13H,12,14H2,1H3,(H,26,27,29). The summed E-state index contributed by atoms with van der Waals surface area (Å²) < 4.78 is 31.1. The van der Waals surface area contributed by atoms with Crippen LogP contribution in [0.1, 0.15) is 21.9 Å². The molecule has 2 aromatic heterocycles. The van der Waals surface area contributed by atoms with Crippen LogP contribution in [0, 0.1) is 5.82 Å². The largest absolute Gasteiger partial charge is 0.493 e. The molecule has 0 aliphatic heterocycles. The average Bonchev–Trinajstić information content (AvgIpc) is 3.41. The Kier molecular flexibility index (Phi) is 6.42. The van der Waals surface area contributed by atoms with Crippen molar-refractivity contribution in [2.24, 2.45) is 0 Å². The summed E-state index contributed by atoms with van der Waals surface area (Å²) in [5, 5.41) is 7.17. The van der Waals surface area contributed by atoms with Crippen LogP contribution in [0.25, 0.3) is 0 Å². The topological polar surface area (TPSA) is 78.5 Å². The molecule has 4 rings (SSSR count). The number of carbonyl (C=O) groups excluding carboxylic acids is 1. The minimum atomic E-state index is -0.498. The van der Waals surface area contributed by atoms with Gasteiger partial charge >= 0.3 is 0 Å². The number of nitrogens with zero attached hydrogens (tertiary/aromatic N) is 2. The van der Waals surface area contributed by atoms with Gasteiger partial charge in [0.1, 0.15) is 23.2 Å². The van der Waals surface area contributed by atoms with E-state index < -0.39 is 5.91 Å². The lowest BCUT2D eigenvalue weighted by Crippen LogP contribution is -2.12. The third-order valence-electron chi connectivity index (χ3n) is 4.53. The Morgan fingerprint density at radius 1 is 1.12 bits per heavy atom. The summed E-state index contributed by atoms with van der Waals surface area (Å²) >= 11 is 6.20. The van der Waals surface area contributed by atoms with Crippen molar-refractivity contribution in [3.63, 3.8) is 0 Å². The van der Waals surface area contributed by atoms with Crippen molar-refractivity contribution in [3.05, 3.63) is 94.8 Å². The summed E-state index contributed by atoms with van der Waals surface area (Å²) in [5.41, 5.74) is 0.842. The Hall–Kier alpha value is -3.78. The van der Waals surface area contributed by atoms with Crippen molar-refractivity contribution in [1.29, 1.82) is 0 Å². The summed E-state index contributed by atoms with van der Waals surface area (Å²) in [4.78, 5) is 12.5. The normalized spacial score (nSPS) is 10.7. The van der Waals surface area contributed by atoms with Crippen molar-refractivity contribution >= 4 is 23.3 Å². The average molecular weight is 456 g/mol. The van der Waals surface area contributed by atoms with Gasteiger partial charge in [0.25, 0.3) is 5.91 Å². The fraction of sp³-hybridized carbons (Fsp3) is 0.130. The number of methoxy groups -OCH3 is 1. The summed E-state index contributed by atoms with van der Waals surface area (Å²) in [6.07, 6.45) is 1.58. The first-order valence-corrected chi connectivity index (χ1v) is 10.0. The fourth-order valence-electron chi connectivity index (χ4n) is 2.97. The first-order chi connectivity index (χ1) is 15.5. The molecule has 0 saturated heterocycles. The molecule has 2 heterocycles. The number of hydrogen-bond donors (Lipinski definition) is 1. The van der Waals surface area contributed by atoms with Gasteiger partial charge in [0, 0.05) is 6.20 Å². The van der Waals surface area contributed by atoms with Crippen LogP contribution < -0.4 is 14.8 Å². The molecule has 9 heteroatoms. The highest BCUT2D eigenvalue weighted by Gasteiger charge is 2.16. The van der Waals surface area contributed by atoms with E-state index in [0.29, 0.717) is 23.8 Å². The molecule has 0 unspecified atom stereocenters. The van der Waals surface area contributed by atoms with E-state index in [4.69, 9.17) is 25.5 Å². The van der Waals surface area contributed by atoms with Gasteiger partial charge in [0.05, 0.1) is 13.7 Å². The molecule has 7 nitrogen and oxygen atoms in total. The lowest BCUT2D eigenvalue weighted by atomic mass is 10.2. The Morgan fingerprint density at radius 3 is 2.62 bits per heavy atom. The summed E-state index contributed by atoms with van der Waals surface area (Å²) in [6.45, 7) is 0.502. The molecule has 0 bridgehead atoms. The second-order valence-corrected chi connectivity index (χ2v) is 7.22. The van der Waals surface area contributed by atoms with Crippen molar-refractivity contribution < 1.29 is 23.1 Å². The van der Waals surface area contributed by atoms with Gasteiger partial charge in [-0.1, -0.05) is 35.9 Å². The zero-order chi connectivity index (χ0) is 22.5. The molecule has 4 aromatic rings. The zero-order valence-electron chi connectivity index (χ0n) is 17.0. The van der Waals surface area contributed by atoms with E-state index in [1.54, 1.807) is 54.4 Å². The number of nitrogens with one attached hydrogen (secondary N) is 1. The van der Waals surface area contributed by atoms with E-state index in [0.717, 1.165) is 5.56 Å². The molecule has 0 spiro atoms. The predicted octanol–water partition coefficient (Wildman–Crippen LogP) is 5.16. The number of anilines is 1. The van der Waals surface area contributed by atoms with Gasteiger partial charge in [-0.25, -0.2) is 4.39 Å². The number of rotatable bonds is 8. The summed E-state index contributed by atoms with van der Waals surface area (Å²) in [5.74, 6) is 1.11. The van der Waals surface area contributed by atoms with Gasteiger partial charge in [-0.2, -0.15) is 5.10 Å². The maximum Gasteiger partial charge on any atom is 0.292 e. The number of amides is 1. The van der Waals surface area contributed by atoms with Gasteiger partial charge in [-0.05, 0) is 42.0 Å². The highest BCUT2D eigenvalue weighted by Crippen LogP contribution is 2.27. The molecular formula is C23H19ClFN3O4. The maximum absolute atomic E-state index is 13.1. The van der Waals surface area contributed by atoms with Crippen LogP contribution in [0.5, 0.6) is 11.5 Å². The van der Waals surface area contributed by atoms with E-state index in [2.05, 4.69) is 10.4 Å². The van der Waals surface area contributed by atoms with Crippen LogP contribution in [0.3, 0.4) is 0 Å². The summed E-state index contributed by atoms with van der Waals surface area (Å²) in [7, 11) is 1.56. The number of aromatic nitrogens is 2. The predicted molar refractivity (Wildman–Crippen MR) is 117 cm³/mol. The third kappa shape index (κ3) is 5.09. The van der Waals surface area contributed by atoms with E-state index in [9.17, 15) is 9.18 Å². The minimum absolute atomic E-state index is 0.0905. The molecule has 32 heavy (non-hydrogen) atoms. The van der Waals surface area contributed by atoms with Crippen molar-refractivity contribution in [2.45, 2.75) is 13.2 Å². The van der Waals surface area contributed by atoms with Crippen molar-refractivity contribution in [2.75, 3.05) is 12.4 Å². The van der Waals surface area contributed by atoms with Crippen molar-refractivity contribution in [1.82, 2.24) is 9.78 Å². The lowest BCUT2D eigenvalue weighted by molar-refractivity contribution is 0.0992. The van der Waals surface area contributed by atoms with E-state index in [1.165, 1.54) is 12.1 Å². The number of carbonyl (C=O) groups is 1. The Labute approximate surface area is 188 Å². The molecule has 1 N–H and O–H groups in total. The van der Waals surface area contributed by atoms with Crippen LogP contribution in [0.4, 0.5) is 10.2 Å². The van der Waals surface area contributed by atoms with Crippen LogP contribution in [0.15, 0.2) is 71.3 Å². The number of halogens is 2. The number of hydrogen-bond acceptors (Lipinski definition) is 5. The monoisotopic (exact) mass is 455 g/mol. The van der Waals surface area contributed by atoms with Crippen LogP contribution in [0.2, 0.25) is 5.02 Å². The molecule has 1 amide bonds. The molecule has 0 radical (unpaired) electrons. The third-order valence-corrected chi connectivity index (χ3v) is 4.81.